The highest BCUT2D eigenvalue weighted by molar-refractivity contribution is 7.99. The molecule has 0 radical (unpaired) electrons. The second-order valence-electron chi connectivity index (χ2n) is 5.26. The maximum absolute atomic E-state index is 12.3. The van der Waals surface area contributed by atoms with E-state index in [1.54, 1.807) is 11.8 Å². The first kappa shape index (κ1) is 17.3. The number of carboxylic acids is 1. The van der Waals surface area contributed by atoms with Crippen molar-refractivity contribution in [2.24, 2.45) is 0 Å². The van der Waals surface area contributed by atoms with Gasteiger partial charge in [-0.3, -0.25) is 14.5 Å². The fourth-order valence-corrected chi connectivity index (χ4v) is 3.61. The third kappa shape index (κ3) is 4.98. The van der Waals surface area contributed by atoms with Crippen molar-refractivity contribution >= 4 is 23.6 Å². The number of carboxylic acid groups (broad SMARTS) is 1. The van der Waals surface area contributed by atoms with Gasteiger partial charge in [-0.1, -0.05) is 13.8 Å². The van der Waals surface area contributed by atoms with E-state index in [1.807, 2.05) is 11.8 Å². The molecule has 0 spiro atoms. The molecule has 0 aromatic heterocycles. The van der Waals surface area contributed by atoms with E-state index in [-0.39, 0.29) is 30.5 Å². The van der Waals surface area contributed by atoms with Gasteiger partial charge in [-0.15, -0.1) is 0 Å². The van der Waals surface area contributed by atoms with Crippen LogP contribution in [0.25, 0.3) is 0 Å². The maximum atomic E-state index is 12.3. The summed E-state index contributed by atoms with van der Waals surface area (Å²) in [6.07, 6.45) is 1.95. The first-order valence-electron chi connectivity index (χ1n) is 7.35. The molecule has 1 heterocycles. The van der Waals surface area contributed by atoms with Gasteiger partial charge in [0.1, 0.15) is 0 Å². The summed E-state index contributed by atoms with van der Waals surface area (Å²) in [7, 11) is 0. The molecule has 1 amide bonds. The van der Waals surface area contributed by atoms with Crippen LogP contribution >= 0.6 is 11.8 Å². The van der Waals surface area contributed by atoms with Gasteiger partial charge in [0, 0.05) is 30.1 Å². The summed E-state index contributed by atoms with van der Waals surface area (Å²) in [5.41, 5.74) is 0. The minimum absolute atomic E-state index is 0.0148. The van der Waals surface area contributed by atoms with Crippen molar-refractivity contribution in [3.63, 3.8) is 0 Å². The van der Waals surface area contributed by atoms with Crippen LogP contribution < -0.4 is 5.32 Å². The van der Waals surface area contributed by atoms with Gasteiger partial charge in [0.25, 0.3) is 0 Å². The van der Waals surface area contributed by atoms with Crippen LogP contribution in [0.3, 0.4) is 0 Å². The number of thioether (sulfide) groups is 1. The van der Waals surface area contributed by atoms with Crippen molar-refractivity contribution in [2.45, 2.75) is 58.2 Å². The summed E-state index contributed by atoms with van der Waals surface area (Å²) < 4.78 is 0. The Morgan fingerprint density at radius 1 is 1.40 bits per heavy atom. The highest BCUT2D eigenvalue weighted by Crippen LogP contribution is 2.21. The Kier molecular flexibility index (Phi) is 7.37. The molecule has 6 heteroatoms. The Hall–Kier alpha value is -0.750. The lowest BCUT2D eigenvalue weighted by Gasteiger charge is -2.38. The average molecular weight is 302 g/mol. The second-order valence-corrected chi connectivity index (χ2v) is 6.41. The summed E-state index contributed by atoms with van der Waals surface area (Å²) in [4.78, 5) is 25.3. The van der Waals surface area contributed by atoms with Gasteiger partial charge in [-0.05, 0) is 19.8 Å². The minimum atomic E-state index is -0.796. The van der Waals surface area contributed by atoms with Crippen molar-refractivity contribution in [1.29, 1.82) is 0 Å². The molecule has 2 atom stereocenters. The standard InChI is InChI=1S/C14H26N2O3S/c1-4-11(5-2)15-14(19)10(3)16-6-7-20-9-12(16)8-13(17)18/h10-12H,4-9H2,1-3H3,(H,15,19)(H,17,18). The van der Waals surface area contributed by atoms with Crippen molar-refractivity contribution in [1.82, 2.24) is 10.2 Å². The highest BCUT2D eigenvalue weighted by atomic mass is 32.2. The van der Waals surface area contributed by atoms with Crippen LogP contribution in [0.4, 0.5) is 0 Å². The molecule has 20 heavy (non-hydrogen) atoms. The zero-order valence-corrected chi connectivity index (χ0v) is 13.4. The van der Waals surface area contributed by atoms with Gasteiger partial charge in [-0.2, -0.15) is 11.8 Å². The number of hydrogen-bond acceptors (Lipinski definition) is 4. The van der Waals surface area contributed by atoms with Crippen LogP contribution in [-0.2, 0) is 9.59 Å². The van der Waals surface area contributed by atoms with Gasteiger partial charge >= 0.3 is 5.97 Å². The van der Waals surface area contributed by atoms with Crippen molar-refractivity contribution in [2.75, 3.05) is 18.1 Å². The Bertz CT molecular complexity index is 334. The molecule has 1 rings (SSSR count). The molecule has 1 saturated heterocycles. The molecule has 0 aromatic rings. The van der Waals surface area contributed by atoms with E-state index < -0.39 is 5.97 Å². The number of carbonyl (C=O) groups is 2. The van der Waals surface area contributed by atoms with E-state index in [1.165, 1.54) is 0 Å². The highest BCUT2D eigenvalue weighted by Gasteiger charge is 2.32. The summed E-state index contributed by atoms with van der Waals surface area (Å²) in [5.74, 6) is 0.962. The molecular weight excluding hydrogens is 276 g/mol. The predicted octanol–water partition coefficient (Wildman–Crippen LogP) is 1.57. The smallest absolute Gasteiger partial charge is 0.304 e. The number of amides is 1. The van der Waals surface area contributed by atoms with E-state index in [0.717, 1.165) is 30.9 Å². The van der Waals surface area contributed by atoms with Gasteiger partial charge in [0.15, 0.2) is 0 Å². The van der Waals surface area contributed by atoms with Gasteiger partial charge in [-0.25, -0.2) is 0 Å². The Morgan fingerprint density at radius 2 is 2.05 bits per heavy atom. The molecule has 1 aliphatic rings. The molecule has 0 saturated carbocycles. The maximum Gasteiger partial charge on any atom is 0.304 e. The number of nitrogens with zero attached hydrogens (tertiary/aromatic N) is 1. The predicted molar refractivity (Wildman–Crippen MR) is 82.0 cm³/mol. The second kappa shape index (κ2) is 8.52. The number of rotatable bonds is 7. The fourth-order valence-electron chi connectivity index (χ4n) is 2.52. The van der Waals surface area contributed by atoms with Crippen molar-refractivity contribution < 1.29 is 14.7 Å². The number of hydrogen-bond donors (Lipinski definition) is 2. The first-order valence-corrected chi connectivity index (χ1v) is 8.50. The quantitative estimate of drug-likeness (QED) is 0.747. The van der Waals surface area contributed by atoms with Crippen LogP contribution in [0.1, 0.15) is 40.0 Å². The minimum Gasteiger partial charge on any atom is -0.481 e. The lowest BCUT2D eigenvalue weighted by Crippen LogP contribution is -2.55. The Labute approximate surface area is 125 Å². The SMILES string of the molecule is CCC(CC)NC(=O)C(C)N1CCSCC1CC(=O)O. The summed E-state index contributed by atoms with van der Waals surface area (Å²) in [6.45, 7) is 6.77. The fraction of sp³-hybridized carbons (Fsp3) is 0.857. The third-order valence-electron chi connectivity index (χ3n) is 3.89. The van der Waals surface area contributed by atoms with Crippen molar-refractivity contribution in [3.8, 4) is 0 Å². The zero-order chi connectivity index (χ0) is 15.1. The molecule has 0 bridgehead atoms. The zero-order valence-electron chi connectivity index (χ0n) is 12.6. The molecule has 2 N–H and O–H groups in total. The van der Waals surface area contributed by atoms with Crippen LogP contribution in [0.5, 0.6) is 0 Å². The molecule has 1 fully saturated rings. The summed E-state index contributed by atoms with van der Waals surface area (Å²) in [6, 6.07) is -0.100. The molecule has 0 aliphatic carbocycles. The van der Waals surface area contributed by atoms with Gasteiger partial charge < -0.3 is 10.4 Å². The van der Waals surface area contributed by atoms with Gasteiger partial charge in [0.05, 0.1) is 12.5 Å². The van der Waals surface area contributed by atoms with Gasteiger partial charge in [0.2, 0.25) is 5.91 Å². The number of aliphatic carboxylic acids is 1. The number of nitrogens with one attached hydrogen (secondary N) is 1. The van der Waals surface area contributed by atoms with E-state index in [2.05, 4.69) is 19.2 Å². The van der Waals surface area contributed by atoms with Crippen LogP contribution in [0, 0.1) is 0 Å². The normalized spacial score (nSPS) is 21.7. The van der Waals surface area contributed by atoms with Crippen LogP contribution in [0.15, 0.2) is 0 Å². The average Bonchev–Trinajstić information content (AvgIpc) is 2.43. The lowest BCUT2D eigenvalue weighted by molar-refractivity contribution is -0.139. The summed E-state index contributed by atoms with van der Waals surface area (Å²) in [5, 5.41) is 12.0. The monoisotopic (exact) mass is 302 g/mol. The largest absolute Gasteiger partial charge is 0.481 e. The van der Waals surface area contributed by atoms with Crippen molar-refractivity contribution in [3.05, 3.63) is 0 Å². The Morgan fingerprint density at radius 3 is 2.60 bits per heavy atom. The van der Waals surface area contributed by atoms with E-state index in [4.69, 9.17) is 5.11 Å². The number of carbonyl (C=O) groups excluding carboxylic acids is 1. The molecule has 116 valence electrons. The molecule has 1 aliphatic heterocycles. The molecule has 5 nitrogen and oxygen atoms in total. The molecular formula is C14H26N2O3S. The summed E-state index contributed by atoms with van der Waals surface area (Å²) >= 11 is 1.76. The molecule has 2 unspecified atom stereocenters. The lowest BCUT2D eigenvalue weighted by atomic mass is 10.1. The van der Waals surface area contributed by atoms with Crippen LogP contribution in [0.2, 0.25) is 0 Å². The molecule has 0 aromatic carbocycles. The first-order chi connectivity index (χ1) is 9.49. The van der Waals surface area contributed by atoms with E-state index in [0.29, 0.717) is 0 Å². The van der Waals surface area contributed by atoms with E-state index in [9.17, 15) is 9.59 Å². The van der Waals surface area contributed by atoms with E-state index >= 15 is 0 Å². The third-order valence-corrected chi connectivity index (χ3v) is 4.98. The van der Waals surface area contributed by atoms with Crippen LogP contribution in [-0.4, -0.2) is 58.1 Å². The topological polar surface area (TPSA) is 69.6 Å². The Balaban J connectivity index is 2.63.